The third-order valence-electron chi connectivity index (χ3n) is 6.97. The number of halogens is 3. The Balaban J connectivity index is 1.16. The van der Waals surface area contributed by atoms with Gasteiger partial charge in [0.1, 0.15) is 11.6 Å². The minimum absolute atomic E-state index is 0.105. The summed E-state index contributed by atoms with van der Waals surface area (Å²) in [6, 6.07) is 5.02. The monoisotopic (exact) mass is 432 g/mol. The number of likely N-dealkylation sites (tertiary alicyclic amines) is 1. The minimum Gasteiger partial charge on any atom is -0.381 e. The van der Waals surface area contributed by atoms with Gasteiger partial charge in [-0.15, -0.1) is 10.2 Å². The molecule has 1 aromatic carbocycles. The fraction of sp³-hybridized carbons (Fsp3) is 0.565. The molecule has 0 amide bonds. The molecule has 1 N–H and O–H groups in total. The summed E-state index contributed by atoms with van der Waals surface area (Å²) in [5, 5.41) is 11.5. The van der Waals surface area contributed by atoms with E-state index in [0.717, 1.165) is 51.1 Å². The van der Waals surface area contributed by atoms with Crippen molar-refractivity contribution in [2.45, 2.75) is 31.7 Å². The Morgan fingerprint density at radius 1 is 1.00 bits per heavy atom. The topological polar surface area (TPSA) is 50.3 Å². The van der Waals surface area contributed by atoms with Crippen molar-refractivity contribution in [1.82, 2.24) is 15.1 Å². The van der Waals surface area contributed by atoms with Crippen molar-refractivity contribution in [2.24, 2.45) is 17.8 Å². The van der Waals surface area contributed by atoms with Crippen LogP contribution >= 0.6 is 0 Å². The van der Waals surface area contributed by atoms with Crippen LogP contribution in [0, 0.1) is 35.2 Å². The van der Waals surface area contributed by atoms with E-state index in [0.29, 0.717) is 29.8 Å². The summed E-state index contributed by atoms with van der Waals surface area (Å²) in [4.78, 5) is 2.63. The van der Waals surface area contributed by atoms with Gasteiger partial charge in [-0.05, 0) is 61.6 Å². The van der Waals surface area contributed by atoms with Crippen LogP contribution in [0.3, 0.4) is 0 Å². The van der Waals surface area contributed by atoms with Crippen LogP contribution in [-0.2, 0) is 4.74 Å². The van der Waals surface area contributed by atoms with Crippen molar-refractivity contribution in [3.05, 3.63) is 41.7 Å². The standard InChI is InChI=1S/C23H27F3N4O/c24-17-9-19(23(26)20(25)10-17)21-1-2-22(29-28-21)27-18-7-15-12-30(13-16(15)8-18)11-14-3-5-31-6-4-14/h1-2,9-10,14-16,18H,3-8,11-13H2,(H,27,29)/t15-,16+,18?. The first-order valence-electron chi connectivity index (χ1n) is 11.1. The predicted molar refractivity (Wildman–Crippen MR) is 111 cm³/mol. The van der Waals surface area contributed by atoms with Crippen LogP contribution in [0.25, 0.3) is 11.3 Å². The third kappa shape index (κ3) is 4.55. The Hall–Kier alpha value is -2.19. The molecule has 1 aromatic heterocycles. The largest absolute Gasteiger partial charge is 0.381 e. The number of benzene rings is 1. The van der Waals surface area contributed by atoms with Crippen molar-refractivity contribution in [2.75, 3.05) is 38.2 Å². The van der Waals surface area contributed by atoms with Crippen molar-refractivity contribution in [1.29, 1.82) is 0 Å². The van der Waals surface area contributed by atoms with E-state index in [9.17, 15) is 13.2 Å². The smallest absolute Gasteiger partial charge is 0.168 e. The molecule has 8 heteroatoms. The van der Waals surface area contributed by atoms with Gasteiger partial charge in [-0.1, -0.05) is 0 Å². The number of hydrogen-bond acceptors (Lipinski definition) is 5. The highest BCUT2D eigenvalue weighted by molar-refractivity contribution is 5.60. The van der Waals surface area contributed by atoms with Crippen LogP contribution in [0.4, 0.5) is 19.0 Å². The van der Waals surface area contributed by atoms with Gasteiger partial charge in [0.15, 0.2) is 11.6 Å². The third-order valence-corrected chi connectivity index (χ3v) is 6.97. The summed E-state index contributed by atoms with van der Waals surface area (Å²) >= 11 is 0. The minimum atomic E-state index is -1.23. The molecule has 1 saturated carbocycles. The molecule has 1 unspecified atom stereocenters. The summed E-state index contributed by atoms with van der Waals surface area (Å²) < 4.78 is 46.3. The molecule has 166 valence electrons. The summed E-state index contributed by atoms with van der Waals surface area (Å²) in [7, 11) is 0. The molecule has 2 aliphatic heterocycles. The summed E-state index contributed by atoms with van der Waals surface area (Å²) in [6.45, 7) is 5.32. The Morgan fingerprint density at radius 2 is 1.74 bits per heavy atom. The molecule has 0 radical (unpaired) electrons. The zero-order valence-electron chi connectivity index (χ0n) is 17.4. The van der Waals surface area contributed by atoms with E-state index < -0.39 is 17.5 Å². The Kier molecular flexibility index (Phi) is 5.84. The second kappa shape index (κ2) is 8.74. The summed E-state index contributed by atoms with van der Waals surface area (Å²) in [6.07, 6.45) is 4.55. The lowest BCUT2D eigenvalue weighted by atomic mass is 10.00. The molecule has 0 spiro atoms. The lowest BCUT2D eigenvalue weighted by molar-refractivity contribution is 0.0545. The summed E-state index contributed by atoms with van der Waals surface area (Å²) in [5.74, 6) is -0.423. The molecule has 1 aliphatic carbocycles. The van der Waals surface area contributed by atoms with Crippen molar-refractivity contribution in [3.63, 3.8) is 0 Å². The van der Waals surface area contributed by atoms with Gasteiger partial charge in [-0.2, -0.15) is 0 Å². The number of anilines is 1. The first kappa shape index (κ1) is 20.7. The maximum Gasteiger partial charge on any atom is 0.168 e. The van der Waals surface area contributed by atoms with Crippen LogP contribution < -0.4 is 5.32 Å². The normalized spacial score (nSPS) is 26.9. The van der Waals surface area contributed by atoms with Crippen LogP contribution in [0.2, 0.25) is 0 Å². The van der Waals surface area contributed by atoms with E-state index >= 15 is 0 Å². The van der Waals surface area contributed by atoms with E-state index in [1.54, 1.807) is 6.07 Å². The van der Waals surface area contributed by atoms with E-state index in [1.165, 1.54) is 25.5 Å². The number of ether oxygens (including phenoxy) is 1. The SMILES string of the molecule is Fc1cc(F)c(F)c(-c2ccc(NC3C[C@@H]4CN(CC5CCOCC5)C[C@@H]4C3)nn2)c1. The number of nitrogens with zero attached hydrogens (tertiary/aromatic N) is 3. The van der Waals surface area contributed by atoms with Gasteiger partial charge >= 0.3 is 0 Å². The highest BCUT2D eigenvalue weighted by atomic mass is 19.2. The van der Waals surface area contributed by atoms with Gasteiger partial charge in [0, 0.05) is 50.5 Å². The molecule has 31 heavy (non-hydrogen) atoms. The summed E-state index contributed by atoms with van der Waals surface area (Å²) in [5.41, 5.74) is -0.120. The fourth-order valence-corrected chi connectivity index (χ4v) is 5.46. The van der Waals surface area contributed by atoms with Gasteiger partial charge in [-0.25, -0.2) is 13.2 Å². The van der Waals surface area contributed by atoms with Gasteiger partial charge in [0.25, 0.3) is 0 Å². The molecule has 2 saturated heterocycles. The van der Waals surface area contributed by atoms with Gasteiger partial charge in [0.05, 0.1) is 5.69 Å². The maximum absolute atomic E-state index is 14.0. The van der Waals surface area contributed by atoms with Crippen LogP contribution in [-0.4, -0.2) is 54.0 Å². The molecule has 3 fully saturated rings. The zero-order valence-corrected chi connectivity index (χ0v) is 17.4. The van der Waals surface area contributed by atoms with E-state index in [2.05, 4.69) is 20.4 Å². The number of nitrogens with one attached hydrogen (secondary N) is 1. The number of rotatable bonds is 5. The maximum atomic E-state index is 14.0. The van der Waals surface area contributed by atoms with E-state index in [1.807, 2.05) is 0 Å². The lowest BCUT2D eigenvalue weighted by Crippen LogP contribution is -2.32. The molecule has 5 rings (SSSR count). The first-order chi connectivity index (χ1) is 15.0. The molecule has 3 atom stereocenters. The Morgan fingerprint density at radius 3 is 2.42 bits per heavy atom. The van der Waals surface area contributed by atoms with Crippen molar-refractivity contribution >= 4 is 5.82 Å². The van der Waals surface area contributed by atoms with Crippen LogP contribution in [0.15, 0.2) is 24.3 Å². The quantitative estimate of drug-likeness (QED) is 0.721. The number of hydrogen-bond donors (Lipinski definition) is 1. The average molecular weight is 432 g/mol. The van der Waals surface area contributed by atoms with E-state index in [-0.39, 0.29) is 11.3 Å². The Labute approximate surface area is 180 Å². The second-order valence-electron chi connectivity index (χ2n) is 9.16. The second-order valence-corrected chi connectivity index (χ2v) is 9.16. The first-order valence-corrected chi connectivity index (χ1v) is 11.1. The molecular formula is C23H27F3N4O. The van der Waals surface area contributed by atoms with Gasteiger partial charge in [0.2, 0.25) is 0 Å². The molecule has 3 aliphatic rings. The average Bonchev–Trinajstić information content (AvgIpc) is 3.30. The van der Waals surface area contributed by atoms with Gasteiger partial charge < -0.3 is 15.0 Å². The van der Waals surface area contributed by atoms with Crippen molar-refractivity contribution < 1.29 is 17.9 Å². The number of fused-ring (bicyclic) bond motifs is 1. The van der Waals surface area contributed by atoms with Crippen LogP contribution in [0.1, 0.15) is 25.7 Å². The lowest BCUT2D eigenvalue weighted by Gasteiger charge is -2.27. The molecule has 2 aromatic rings. The zero-order chi connectivity index (χ0) is 21.4. The van der Waals surface area contributed by atoms with Gasteiger partial charge in [-0.3, -0.25) is 0 Å². The van der Waals surface area contributed by atoms with Crippen molar-refractivity contribution in [3.8, 4) is 11.3 Å². The highest BCUT2D eigenvalue weighted by Crippen LogP contribution is 2.39. The molecule has 3 heterocycles. The van der Waals surface area contributed by atoms with E-state index in [4.69, 9.17) is 4.74 Å². The molecule has 5 nitrogen and oxygen atoms in total. The van der Waals surface area contributed by atoms with Crippen LogP contribution in [0.5, 0.6) is 0 Å². The Bertz CT molecular complexity index is 906. The fourth-order valence-electron chi connectivity index (χ4n) is 5.46. The number of aromatic nitrogens is 2. The predicted octanol–water partition coefficient (Wildman–Crippen LogP) is 4.11. The molecular weight excluding hydrogens is 405 g/mol. The molecule has 0 bridgehead atoms. The highest BCUT2D eigenvalue weighted by Gasteiger charge is 2.41.